The average Bonchev–Trinajstić information content (AvgIpc) is 2.43. The van der Waals surface area contributed by atoms with Crippen molar-refractivity contribution in [2.24, 2.45) is 10.9 Å². The normalized spacial score (nSPS) is 23.6. The van der Waals surface area contributed by atoms with Crippen molar-refractivity contribution >= 4 is 41.7 Å². The summed E-state index contributed by atoms with van der Waals surface area (Å²) in [5, 5.41) is 6.96. The largest absolute Gasteiger partial charge is 0.356 e. The maximum absolute atomic E-state index is 4.31. The fourth-order valence-corrected chi connectivity index (χ4v) is 2.96. The van der Waals surface area contributed by atoms with Gasteiger partial charge >= 0.3 is 0 Å². The van der Waals surface area contributed by atoms with E-state index >= 15 is 0 Å². The predicted molar refractivity (Wildman–Crippen MR) is 98.9 cm³/mol. The first-order chi connectivity index (χ1) is 8.80. The van der Waals surface area contributed by atoms with E-state index in [1.54, 1.807) is 0 Å². The molecule has 0 saturated heterocycles. The van der Waals surface area contributed by atoms with Crippen LogP contribution >= 0.6 is 35.7 Å². The lowest BCUT2D eigenvalue weighted by Crippen LogP contribution is -2.45. The van der Waals surface area contributed by atoms with Crippen LogP contribution in [0.15, 0.2) is 4.99 Å². The van der Waals surface area contributed by atoms with Crippen molar-refractivity contribution in [3.63, 3.8) is 0 Å². The van der Waals surface area contributed by atoms with Crippen molar-refractivity contribution in [3.05, 3.63) is 0 Å². The molecule has 19 heavy (non-hydrogen) atoms. The molecule has 0 amide bonds. The second-order valence-corrected chi connectivity index (χ2v) is 6.10. The molecule has 3 nitrogen and oxygen atoms in total. The summed E-state index contributed by atoms with van der Waals surface area (Å²) in [6.07, 6.45) is 10.0. The van der Waals surface area contributed by atoms with Gasteiger partial charge in [-0.05, 0) is 50.0 Å². The van der Waals surface area contributed by atoms with Crippen LogP contribution in [0.1, 0.15) is 45.4 Å². The van der Waals surface area contributed by atoms with Gasteiger partial charge in [-0.3, -0.25) is 4.99 Å². The zero-order valence-corrected chi connectivity index (χ0v) is 15.7. The minimum Gasteiger partial charge on any atom is -0.356 e. The third-order valence-corrected chi connectivity index (χ3v) is 4.50. The molecule has 0 spiro atoms. The van der Waals surface area contributed by atoms with Gasteiger partial charge in [-0.2, -0.15) is 11.8 Å². The monoisotopic (exact) mass is 399 g/mol. The smallest absolute Gasteiger partial charge is 0.191 e. The number of hydrogen-bond acceptors (Lipinski definition) is 2. The fourth-order valence-electron chi connectivity index (χ4n) is 2.53. The van der Waals surface area contributed by atoms with E-state index in [-0.39, 0.29) is 24.0 Å². The molecule has 0 aliphatic heterocycles. The lowest BCUT2D eigenvalue weighted by Gasteiger charge is -2.29. The van der Waals surface area contributed by atoms with E-state index in [0.717, 1.165) is 18.4 Å². The van der Waals surface area contributed by atoms with E-state index in [0.29, 0.717) is 6.04 Å². The number of hydrogen-bond donors (Lipinski definition) is 2. The van der Waals surface area contributed by atoms with E-state index in [1.807, 2.05) is 18.8 Å². The summed E-state index contributed by atoms with van der Waals surface area (Å²) in [4.78, 5) is 4.31. The molecule has 5 heteroatoms. The number of aliphatic imine (C=N–C) groups is 1. The predicted octanol–water partition coefficient (Wildman–Crippen LogP) is 3.49. The number of thioether (sulfide) groups is 1. The van der Waals surface area contributed by atoms with E-state index in [2.05, 4.69) is 28.8 Å². The van der Waals surface area contributed by atoms with Crippen LogP contribution in [0, 0.1) is 5.92 Å². The summed E-state index contributed by atoms with van der Waals surface area (Å²) in [6, 6.07) is 0.625. The molecule has 0 bridgehead atoms. The van der Waals surface area contributed by atoms with Crippen LogP contribution in [0.4, 0.5) is 0 Å². The highest BCUT2D eigenvalue weighted by Crippen LogP contribution is 2.26. The molecule has 1 aliphatic rings. The minimum absolute atomic E-state index is 0. The first-order valence-electron chi connectivity index (χ1n) is 7.26. The Kier molecular flexibility index (Phi) is 12.3. The van der Waals surface area contributed by atoms with E-state index in [4.69, 9.17) is 0 Å². The summed E-state index contributed by atoms with van der Waals surface area (Å²) in [5.74, 6) is 3.15. The molecule has 0 atom stereocenters. The van der Waals surface area contributed by atoms with Gasteiger partial charge in [-0.1, -0.05) is 13.3 Å². The first kappa shape index (κ1) is 19.4. The van der Waals surface area contributed by atoms with Gasteiger partial charge in [0, 0.05) is 19.6 Å². The molecule has 0 radical (unpaired) electrons. The highest BCUT2D eigenvalue weighted by Gasteiger charge is 2.20. The summed E-state index contributed by atoms with van der Waals surface area (Å²) in [6.45, 7) is 3.33. The topological polar surface area (TPSA) is 36.4 Å². The maximum Gasteiger partial charge on any atom is 0.191 e. The van der Waals surface area contributed by atoms with Crippen molar-refractivity contribution in [2.75, 3.05) is 25.6 Å². The zero-order valence-electron chi connectivity index (χ0n) is 12.6. The number of guanidine groups is 1. The van der Waals surface area contributed by atoms with Gasteiger partial charge in [-0.25, -0.2) is 0 Å². The summed E-state index contributed by atoms with van der Waals surface area (Å²) >= 11 is 1.90. The molecule has 1 fully saturated rings. The lowest BCUT2D eigenvalue weighted by atomic mass is 9.84. The summed E-state index contributed by atoms with van der Waals surface area (Å²) < 4.78 is 0. The van der Waals surface area contributed by atoms with Gasteiger partial charge in [0.05, 0.1) is 0 Å². The Morgan fingerprint density at radius 2 is 1.95 bits per heavy atom. The summed E-state index contributed by atoms with van der Waals surface area (Å²) in [7, 11) is 1.86. The quantitative estimate of drug-likeness (QED) is 0.311. The minimum atomic E-state index is 0. The number of nitrogens with one attached hydrogen (secondary N) is 2. The second-order valence-electron chi connectivity index (χ2n) is 5.12. The van der Waals surface area contributed by atoms with Gasteiger partial charge < -0.3 is 10.6 Å². The van der Waals surface area contributed by atoms with Gasteiger partial charge in [0.2, 0.25) is 0 Å². The third kappa shape index (κ3) is 8.27. The van der Waals surface area contributed by atoms with Crippen molar-refractivity contribution in [1.82, 2.24) is 10.6 Å². The lowest BCUT2D eigenvalue weighted by molar-refractivity contribution is 0.304. The van der Waals surface area contributed by atoms with Crippen molar-refractivity contribution < 1.29 is 0 Å². The number of nitrogens with zero attached hydrogens (tertiary/aromatic N) is 1. The molecule has 1 rings (SSSR count). The van der Waals surface area contributed by atoms with E-state index in [1.165, 1.54) is 44.3 Å². The Hall–Kier alpha value is 0.350. The van der Waals surface area contributed by atoms with Crippen molar-refractivity contribution in [1.29, 1.82) is 0 Å². The van der Waals surface area contributed by atoms with E-state index < -0.39 is 0 Å². The molecular formula is C14H30IN3S. The SMILES string of the molecule is CCC1CCC(NC(=NC)NCCCSC)CC1.I. The highest BCUT2D eigenvalue weighted by molar-refractivity contribution is 14.0. The Morgan fingerprint density at radius 1 is 1.26 bits per heavy atom. The number of halogens is 1. The molecule has 0 heterocycles. The standard InChI is InChI=1S/C14H29N3S.HI/c1-4-12-6-8-13(9-7-12)17-14(15-2)16-10-5-11-18-3;/h12-13H,4-11H2,1-3H3,(H2,15,16,17);1H. The molecule has 2 N–H and O–H groups in total. The zero-order chi connectivity index (χ0) is 13.2. The van der Waals surface area contributed by atoms with Crippen molar-refractivity contribution in [3.8, 4) is 0 Å². The molecule has 114 valence electrons. The average molecular weight is 399 g/mol. The van der Waals surface area contributed by atoms with Crippen LogP contribution in [-0.4, -0.2) is 37.6 Å². The van der Waals surface area contributed by atoms with E-state index in [9.17, 15) is 0 Å². The molecule has 0 aromatic rings. The van der Waals surface area contributed by atoms with Gasteiger partial charge in [0.25, 0.3) is 0 Å². The third-order valence-electron chi connectivity index (χ3n) is 3.81. The first-order valence-corrected chi connectivity index (χ1v) is 8.65. The van der Waals surface area contributed by atoms with Crippen LogP contribution in [-0.2, 0) is 0 Å². The fraction of sp³-hybridized carbons (Fsp3) is 0.929. The van der Waals surface area contributed by atoms with Crippen LogP contribution in [0.2, 0.25) is 0 Å². The second kappa shape index (κ2) is 12.1. The van der Waals surface area contributed by atoms with Gasteiger partial charge in [0.1, 0.15) is 0 Å². The highest BCUT2D eigenvalue weighted by atomic mass is 127. The summed E-state index contributed by atoms with van der Waals surface area (Å²) in [5.41, 5.74) is 0. The van der Waals surface area contributed by atoms with Crippen LogP contribution in [0.3, 0.4) is 0 Å². The molecule has 0 aromatic heterocycles. The van der Waals surface area contributed by atoms with Crippen LogP contribution in [0.25, 0.3) is 0 Å². The Labute approximate surface area is 140 Å². The molecule has 0 unspecified atom stereocenters. The molecule has 0 aromatic carbocycles. The molecule has 1 aliphatic carbocycles. The van der Waals surface area contributed by atoms with Crippen LogP contribution < -0.4 is 10.6 Å². The Bertz CT molecular complexity index is 241. The Balaban J connectivity index is 0.00000324. The number of rotatable bonds is 6. The molecular weight excluding hydrogens is 369 g/mol. The van der Waals surface area contributed by atoms with Crippen LogP contribution in [0.5, 0.6) is 0 Å². The van der Waals surface area contributed by atoms with Crippen molar-refractivity contribution in [2.45, 2.75) is 51.5 Å². The van der Waals surface area contributed by atoms with Gasteiger partial charge in [-0.15, -0.1) is 24.0 Å². The maximum atomic E-state index is 4.31. The molecule has 1 saturated carbocycles. The Morgan fingerprint density at radius 3 is 2.47 bits per heavy atom. The van der Waals surface area contributed by atoms with Gasteiger partial charge in [0.15, 0.2) is 5.96 Å².